The van der Waals surface area contributed by atoms with E-state index in [9.17, 15) is 0 Å². The molecule has 4 heteroatoms. The van der Waals surface area contributed by atoms with Gasteiger partial charge in [-0.25, -0.2) is 9.97 Å². The summed E-state index contributed by atoms with van der Waals surface area (Å²) in [5.74, 6) is 0.801. The molecule has 0 fully saturated rings. The van der Waals surface area contributed by atoms with Gasteiger partial charge >= 0.3 is 0 Å². The zero-order valence-electron chi connectivity index (χ0n) is 14.0. The van der Waals surface area contributed by atoms with Crippen LogP contribution in [0.3, 0.4) is 0 Å². The minimum Gasteiger partial charge on any atom is -0.370 e. The number of nitrogens with one attached hydrogen (secondary N) is 1. The van der Waals surface area contributed by atoms with Gasteiger partial charge in [0, 0.05) is 30.1 Å². The van der Waals surface area contributed by atoms with E-state index in [1.54, 1.807) is 0 Å². The van der Waals surface area contributed by atoms with E-state index in [0.29, 0.717) is 6.61 Å². The number of hydrogen-bond donors (Lipinski definition) is 1. The molecule has 1 heterocycles. The first-order valence-corrected chi connectivity index (χ1v) is 7.47. The van der Waals surface area contributed by atoms with Crippen LogP contribution in [0.4, 0.5) is 0 Å². The van der Waals surface area contributed by atoms with Crippen molar-refractivity contribution in [3.8, 4) is 0 Å². The Kier molecular flexibility index (Phi) is 6.08. The Balaban J connectivity index is 3.13. The maximum absolute atomic E-state index is 5.88. The molecule has 1 aromatic heterocycles. The van der Waals surface area contributed by atoms with E-state index in [0.717, 1.165) is 30.3 Å². The molecule has 0 aromatic carbocycles. The van der Waals surface area contributed by atoms with Crippen LogP contribution < -0.4 is 5.32 Å². The predicted octanol–water partition coefficient (Wildman–Crippen LogP) is 3.33. The second-order valence-corrected chi connectivity index (χ2v) is 6.21. The lowest BCUT2D eigenvalue weighted by Gasteiger charge is -2.29. The summed E-state index contributed by atoms with van der Waals surface area (Å²) in [6.07, 6.45) is -0.0712. The lowest BCUT2D eigenvalue weighted by atomic mass is 9.88. The molecule has 0 amide bonds. The van der Waals surface area contributed by atoms with Crippen molar-refractivity contribution in [2.24, 2.45) is 5.41 Å². The van der Waals surface area contributed by atoms with Gasteiger partial charge in [-0.15, -0.1) is 0 Å². The molecule has 1 atom stereocenters. The Bertz CT molecular complexity index is 415. The quantitative estimate of drug-likeness (QED) is 0.867. The van der Waals surface area contributed by atoms with E-state index < -0.39 is 0 Å². The highest BCUT2D eigenvalue weighted by Crippen LogP contribution is 2.34. The number of ether oxygens (including phenoxy) is 1. The van der Waals surface area contributed by atoms with Gasteiger partial charge in [0.2, 0.25) is 0 Å². The van der Waals surface area contributed by atoms with Crippen LogP contribution in [0.1, 0.15) is 63.5 Å². The fourth-order valence-corrected chi connectivity index (χ4v) is 2.27. The summed E-state index contributed by atoms with van der Waals surface area (Å²) in [6, 6.07) is 0. The van der Waals surface area contributed by atoms with E-state index >= 15 is 0 Å². The Morgan fingerprint density at radius 1 is 1.10 bits per heavy atom. The summed E-state index contributed by atoms with van der Waals surface area (Å²) in [6.45, 7) is 17.1. The molecule has 1 rings (SSSR count). The monoisotopic (exact) mass is 279 g/mol. The number of aryl methyl sites for hydroxylation is 2. The van der Waals surface area contributed by atoms with Gasteiger partial charge in [0.25, 0.3) is 0 Å². The Labute approximate surface area is 123 Å². The smallest absolute Gasteiger partial charge is 0.158 e. The highest BCUT2D eigenvalue weighted by atomic mass is 16.5. The van der Waals surface area contributed by atoms with Gasteiger partial charge < -0.3 is 10.1 Å². The minimum atomic E-state index is -0.0712. The van der Waals surface area contributed by atoms with E-state index in [2.05, 4.69) is 46.9 Å². The van der Waals surface area contributed by atoms with Crippen molar-refractivity contribution in [1.29, 1.82) is 0 Å². The van der Waals surface area contributed by atoms with E-state index in [1.807, 2.05) is 6.92 Å². The minimum absolute atomic E-state index is 0.0158. The van der Waals surface area contributed by atoms with Crippen LogP contribution >= 0.6 is 0 Å². The molecule has 0 aliphatic heterocycles. The van der Waals surface area contributed by atoms with Crippen molar-refractivity contribution in [3.63, 3.8) is 0 Å². The molecule has 0 aliphatic rings. The molecular formula is C16H29N3O. The molecule has 4 nitrogen and oxygen atoms in total. The van der Waals surface area contributed by atoms with Crippen LogP contribution in [0, 0.1) is 19.3 Å². The third kappa shape index (κ3) is 4.25. The van der Waals surface area contributed by atoms with Gasteiger partial charge in [-0.1, -0.05) is 27.7 Å². The standard InChI is InChI=1S/C16H29N3O/c1-8-17-10-13-11(3)18-15(19-12(13)4)14(20-9-2)16(5,6)7/h14,17H,8-10H2,1-7H3. The molecule has 0 spiro atoms. The highest BCUT2D eigenvalue weighted by Gasteiger charge is 2.30. The molecule has 1 N–H and O–H groups in total. The zero-order valence-corrected chi connectivity index (χ0v) is 14.0. The number of aromatic nitrogens is 2. The summed E-state index contributed by atoms with van der Waals surface area (Å²) in [4.78, 5) is 9.39. The van der Waals surface area contributed by atoms with E-state index in [-0.39, 0.29) is 11.5 Å². The van der Waals surface area contributed by atoms with E-state index in [1.165, 1.54) is 5.56 Å². The first-order chi connectivity index (χ1) is 9.31. The Morgan fingerprint density at radius 2 is 1.65 bits per heavy atom. The lowest BCUT2D eigenvalue weighted by Crippen LogP contribution is -2.25. The molecule has 0 saturated carbocycles. The lowest BCUT2D eigenvalue weighted by molar-refractivity contribution is -0.0193. The Hall–Kier alpha value is -1.00. The highest BCUT2D eigenvalue weighted by molar-refractivity contribution is 5.25. The van der Waals surface area contributed by atoms with Crippen molar-refractivity contribution in [2.75, 3.05) is 13.2 Å². The SMILES string of the molecule is CCNCc1c(C)nc(C(OCC)C(C)(C)C)nc1C. The first kappa shape index (κ1) is 17.1. The van der Waals surface area contributed by atoms with Crippen molar-refractivity contribution in [3.05, 3.63) is 22.8 Å². The van der Waals surface area contributed by atoms with Crippen LogP contribution in [0.25, 0.3) is 0 Å². The van der Waals surface area contributed by atoms with Gasteiger partial charge in [0.05, 0.1) is 0 Å². The summed E-state index contributed by atoms with van der Waals surface area (Å²) >= 11 is 0. The van der Waals surface area contributed by atoms with Crippen LogP contribution in [-0.4, -0.2) is 23.1 Å². The zero-order chi connectivity index (χ0) is 15.3. The third-order valence-electron chi connectivity index (χ3n) is 3.34. The number of rotatable bonds is 6. The van der Waals surface area contributed by atoms with Gasteiger partial charge in [-0.3, -0.25) is 0 Å². The maximum atomic E-state index is 5.88. The van der Waals surface area contributed by atoms with Crippen molar-refractivity contribution < 1.29 is 4.74 Å². The molecule has 114 valence electrons. The van der Waals surface area contributed by atoms with Crippen molar-refractivity contribution >= 4 is 0 Å². The van der Waals surface area contributed by atoms with Gasteiger partial charge in [0.15, 0.2) is 5.82 Å². The summed E-state index contributed by atoms with van der Waals surface area (Å²) in [7, 11) is 0. The fraction of sp³-hybridized carbons (Fsp3) is 0.750. The normalized spacial score (nSPS) is 13.6. The van der Waals surface area contributed by atoms with Gasteiger partial charge in [0.1, 0.15) is 6.10 Å². The summed E-state index contributed by atoms with van der Waals surface area (Å²) < 4.78 is 5.88. The second-order valence-electron chi connectivity index (χ2n) is 6.21. The molecule has 0 radical (unpaired) electrons. The molecule has 20 heavy (non-hydrogen) atoms. The number of hydrogen-bond acceptors (Lipinski definition) is 4. The van der Waals surface area contributed by atoms with Crippen molar-refractivity contribution in [2.45, 2.75) is 61.1 Å². The maximum Gasteiger partial charge on any atom is 0.158 e. The molecule has 0 aliphatic carbocycles. The largest absolute Gasteiger partial charge is 0.370 e. The molecule has 1 aromatic rings. The Morgan fingerprint density at radius 3 is 2.05 bits per heavy atom. The number of nitrogens with zero attached hydrogens (tertiary/aromatic N) is 2. The molecule has 0 bridgehead atoms. The predicted molar refractivity (Wildman–Crippen MR) is 82.7 cm³/mol. The van der Waals surface area contributed by atoms with Crippen LogP contribution in [-0.2, 0) is 11.3 Å². The van der Waals surface area contributed by atoms with Gasteiger partial charge in [-0.2, -0.15) is 0 Å². The van der Waals surface area contributed by atoms with Crippen LogP contribution in [0.2, 0.25) is 0 Å². The summed E-state index contributed by atoms with van der Waals surface area (Å²) in [5.41, 5.74) is 3.27. The molecule has 1 unspecified atom stereocenters. The fourth-order valence-electron chi connectivity index (χ4n) is 2.27. The van der Waals surface area contributed by atoms with Crippen LogP contribution in [0.15, 0.2) is 0 Å². The van der Waals surface area contributed by atoms with Crippen LogP contribution in [0.5, 0.6) is 0 Å². The second kappa shape index (κ2) is 7.14. The average molecular weight is 279 g/mol. The van der Waals surface area contributed by atoms with Gasteiger partial charge in [-0.05, 0) is 32.7 Å². The molecular weight excluding hydrogens is 250 g/mol. The first-order valence-electron chi connectivity index (χ1n) is 7.47. The topological polar surface area (TPSA) is 47.0 Å². The summed E-state index contributed by atoms with van der Waals surface area (Å²) in [5, 5.41) is 3.34. The average Bonchev–Trinajstić information content (AvgIpc) is 2.33. The van der Waals surface area contributed by atoms with E-state index in [4.69, 9.17) is 14.7 Å². The molecule has 0 saturated heterocycles. The third-order valence-corrected chi connectivity index (χ3v) is 3.34. The van der Waals surface area contributed by atoms with Crippen molar-refractivity contribution in [1.82, 2.24) is 15.3 Å².